The Labute approximate surface area is 164 Å². The molecule has 0 saturated heterocycles. The summed E-state index contributed by atoms with van der Waals surface area (Å²) in [6, 6.07) is 25.7. The third-order valence-corrected chi connectivity index (χ3v) is 5.59. The number of fused-ring (bicyclic) bond motifs is 1. The average molecular weight is 374 g/mol. The normalized spacial score (nSPS) is 13.7. The van der Waals surface area contributed by atoms with Crippen molar-refractivity contribution in [2.75, 3.05) is 0 Å². The van der Waals surface area contributed by atoms with Crippen molar-refractivity contribution in [3.63, 3.8) is 0 Å². The van der Waals surface area contributed by atoms with Crippen LogP contribution in [-0.2, 0) is 0 Å². The second kappa shape index (κ2) is 8.42. The molecule has 4 aromatic rings. The number of nitrogens with two attached hydrogens (primary N) is 1. The first-order chi connectivity index (χ1) is 13.3. The highest BCUT2D eigenvalue weighted by molar-refractivity contribution is 7.97. The number of imidazole rings is 1. The van der Waals surface area contributed by atoms with E-state index in [1.165, 1.54) is 53.2 Å². The molecule has 0 radical (unpaired) electrons. The number of nitrogens with zero attached hydrogens (tertiary/aromatic N) is 2. The van der Waals surface area contributed by atoms with Crippen LogP contribution >= 0.6 is 11.9 Å². The molecule has 1 aromatic heterocycles. The van der Waals surface area contributed by atoms with E-state index in [1.807, 2.05) is 36.8 Å². The van der Waals surface area contributed by atoms with Crippen LogP contribution in [0.5, 0.6) is 0 Å². The van der Waals surface area contributed by atoms with Gasteiger partial charge in [-0.25, -0.2) is 4.98 Å². The summed E-state index contributed by atoms with van der Waals surface area (Å²) >= 11 is 1.28. The van der Waals surface area contributed by atoms with Crippen molar-refractivity contribution in [2.24, 2.45) is 5.14 Å². The van der Waals surface area contributed by atoms with Crippen molar-refractivity contribution in [3.8, 4) is 11.3 Å². The van der Waals surface area contributed by atoms with Crippen molar-refractivity contribution in [2.45, 2.75) is 30.2 Å². The number of rotatable bonds is 3. The molecule has 1 heterocycles. The lowest BCUT2D eigenvalue weighted by atomic mass is 9.92. The molecular formula is C23H23N3S. The Hall–Kier alpha value is -2.56. The zero-order valence-electron chi connectivity index (χ0n) is 15.2. The van der Waals surface area contributed by atoms with Crippen LogP contribution in [-0.4, -0.2) is 9.55 Å². The van der Waals surface area contributed by atoms with Gasteiger partial charge >= 0.3 is 0 Å². The highest BCUT2D eigenvalue weighted by atomic mass is 32.2. The quantitative estimate of drug-likeness (QED) is 0.443. The van der Waals surface area contributed by atoms with Crippen LogP contribution in [0.15, 0.2) is 90.2 Å². The van der Waals surface area contributed by atoms with E-state index in [-0.39, 0.29) is 0 Å². The van der Waals surface area contributed by atoms with Gasteiger partial charge in [0.15, 0.2) is 0 Å². The molecule has 0 bridgehead atoms. The summed E-state index contributed by atoms with van der Waals surface area (Å²) in [5, 5.41) is 7.96. The topological polar surface area (TPSA) is 43.8 Å². The maximum absolute atomic E-state index is 5.46. The lowest BCUT2D eigenvalue weighted by Gasteiger charge is -2.28. The van der Waals surface area contributed by atoms with E-state index in [2.05, 4.69) is 58.1 Å². The Balaban J connectivity index is 0.000000137. The van der Waals surface area contributed by atoms with E-state index in [4.69, 9.17) is 5.14 Å². The first-order valence-corrected chi connectivity index (χ1v) is 10.2. The van der Waals surface area contributed by atoms with Crippen LogP contribution in [0, 0.1) is 0 Å². The van der Waals surface area contributed by atoms with E-state index in [9.17, 15) is 0 Å². The van der Waals surface area contributed by atoms with E-state index in [0.29, 0.717) is 6.04 Å². The Morgan fingerprint density at radius 3 is 2.33 bits per heavy atom. The largest absolute Gasteiger partial charge is 0.328 e. The van der Waals surface area contributed by atoms with Gasteiger partial charge in [0.1, 0.15) is 0 Å². The minimum absolute atomic E-state index is 0.683. The first-order valence-electron chi connectivity index (χ1n) is 9.28. The summed E-state index contributed by atoms with van der Waals surface area (Å²) in [7, 11) is 0. The van der Waals surface area contributed by atoms with Gasteiger partial charge in [-0.3, -0.25) is 5.14 Å². The molecule has 27 heavy (non-hydrogen) atoms. The van der Waals surface area contributed by atoms with Crippen LogP contribution in [0.4, 0.5) is 0 Å². The Kier molecular flexibility index (Phi) is 5.56. The van der Waals surface area contributed by atoms with Gasteiger partial charge < -0.3 is 4.57 Å². The molecule has 136 valence electrons. The molecule has 0 aliphatic heterocycles. The Morgan fingerprint density at radius 1 is 0.889 bits per heavy atom. The Morgan fingerprint density at radius 2 is 1.63 bits per heavy atom. The second-order valence-corrected chi connectivity index (χ2v) is 7.47. The highest BCUT2D eigenvalue weighted by Crippen LogP contribution is 2.34. The Bertz CT molecular complexity index is 1010. The van der Waals surface area contributed by atoms with Crippen LogP contribution in [0.1, 0.15) is 25.3 Å². The fourth-order valence-electron chi connectivity index (χ4n) is 3.33. The van der Waals surface area contributed by atoms with Gasteiger partial charge in [-0.2, -0.15) is 0 Å². The lowest BCUT2D eigenvalue weighted by Crippen LogP contribution is -2.16. The van der Waals surface area contributed by atoms with Gasteiger partial charge in [-0.05, 0) is 59.7 Å². The van der Waals surface area contributed by atoms with Gasteiger partial charge in [0.05, 0.1) is 18.2 Å². The van der Waals surface area contributed by atoms with Crippen LogP contribution < -0.4 is 5.14 Å². The molecule has 0 spiro atoms. The van der Waals surface area contributed by atoms with Gasteiger partial charge in [-0.15, -0.1) is 0 Å². The maximum atomic E-state index is 5.46. The number of hydrogen-bond donors (Lipinski definition) is 1. The molecule has 2 N–H and O–H groups in total. The van der Waals surface area contributed by atoms with Crippen LogP contribution in [0.3, 0.4) is 0 Å². The molecule has 3 aromatic carbocycles. The van der Waals surface area contributed by atoms with Gasteiger partial charge in [0.25, 0.3) is 0 Å². The zero-order valence-corrected chi connectivity index (χ0v) is 16.0. The summed E-state index contributed by atoms with van der Waals surface area (Å²) in [6.45, 7) is 0. The van der Waals surface area contributed by atoms with Crippen molar-refractivity contribution in [1.82, 2.24) is 9.55 Å². The fraction of sp³-hybridized carbons (Fsp3) is 0.174. The number of hydrogen-bond acceptors (Lipinski definition) is 3. The van der Waals surface area contributed by atoms with E-state index in [1.54, 1.807) is 0 Å². The summed E-state index contributed by atoms with van der Waals surface area (Å²) in [5.74, 6) is 0. The third kappa shape index (κ3) is 4.07. The van der Waals surface area contributed by atoms with Crippen molar-refractivity contribution in [1.29, 1.82) is 0 Å². The fourth-order valence-corrected chi connectivity index (χ4v) is 3.68. The van der Waals surface area contributed by atoms with Crippen molar-refractivity contribution in [3.05, 3.63) is 85.3 Å². The number of benzene rings is 3. The smallest absolute Gasteiger partial charge is 0.0953 e. The van der Waals surface area contributed by atoms with E-state index < -0.39 is 0 Å². The van der Waals surface area contributed by atoms with Gasteiger partial charge in [-0.1, -0.05) is 60.7 Å². The standard InChI is InChI=1S/C13H14N2.C10H9NS/c1-2-5-11(6-3-1)13-9-14-10-15(13)12-7-4-8-12;11-12-10-6-5-8-3-1-2-4-9(8)7-10/h1-3,5-6,9-10,12H,4,7-8H2;1-7H,11H2. The molecule has 1 aliphatic carbocycles. The molecule has 5 rings (SSSR count). The average Bonchev–Trinajstić information content (AvgIpc) is 3.16. The minimum Gasteiger partial charge on any atom is -0.328 e. The molecule has 4 heteroatoms. The summed E-state index contributed by atoms with van der Waals surface area (Å²) in [6.07, 6.45) is 7.89. The maximum Gasteiger partial charge on any atom is 0.0953 e. The summed E-state index contributed by atoms with van der Waals surface area (Å²) in [4.78, 5) is 5.37. The van der Waals surface area contributed by atoms with Gasteiger partial charge in [0.2, 0.25) is 0 Å². The predicted molar refractivity (Wildman–Crippen MR) is 115 cm³/mol. The molecule has 1 fully saturated rings. The SMILES string of the molecule is NSc1ccc2ccccc2c1.c1ccc(-c2cncn2C2CCC2)cc1. The molecular weight excluding hydrogens is 350 g/mol. The molecule has 0 amide bonds. The summed E-state index contributed by atoms with van der Waals surface area (Å²) < 4.78 is 2.32. The first kappa shape index (κ1) is 17.8. The minimum atomic E-state index is 0.683. The molecule has 0 unspecified atom stereocenters. The van der Waals surface area contributed by atoms with Crippen LogP contribution in [0.25, 0.3) is 22.0 Å². The molecule has 3 nitrogen and oxygen atoms in total. The predicted octanol–water partition coefficient (Wildman–Crippen LogP) is 6.08. The molecule has 1 saturated carbocycles. The molecule has 0 atom stereocenters. The monoisotopic (exact) mass is 373 g/mol. The zero-order chi connectivity index (χ0) is 18.5. The number of aromatic nitrogens is 2. The second-order valence-electron chi connectivity index (χ2n) is 6.76. The van der Waals surface area contributed by atoms with Gasteiger partial charge in [0, 0.05) is 10.9 Å². The summed E-state index contributed by atoms with van der Waals surface area (Å²) in [5.41, 5.74) is 2.52. The van der Waals surface area contributed by atoms with E-state index >= 15 is 0 Å². The molecule has 1 aliphatic rings. The third-order valence-electron chi connectivity index (χ3n) is 5.06. The van der Waals surface area contributed by atoms with Crippen molar-refractivity contribution >= 4 is 22.7 Å². The highest BCUT2D eigenvalue weighted by Gasteiger charge is 2.21. The van der Waals surface area contributed by atoms with E-state index in [0.717, 1.165) is 4.90 Å². The van der Waals surface area contributed by atoms with Crippen molar-refractivity contribution < 1.29 is 0 Å². The lowest BCUT2D eigenvalue weighted by molar-refractivity contribution is 0.316. The van der Waals surface area contributed by atoms with Crippen LogP contribution in [0.2, 0.25) is 0 Å².